The van der Waals surface area contributed by atoms with E-state index in [2.05, 4.69) is 80.2 Å². The molecular weight excluding hydrogens is 504 g/mol. The lowest BCUT2D eigenvalue weighted by Gasteiger charge is -2.17. The van der Waals surface area contributed by atoms with Crippen molar-refractivity contribution in [3.63, 3.8) is 0 Å². The van der Waals surface area contributed by atoms with Crippen LogP contribution in [0.1, 0.15) is 45.6 Å². The molecule has 0 radical (unpaired) electrons. The molecule has 0 aliphatic heterocycles. The van der Waals surface area contributed by atoms with Gasteiger partial charge in [0, 0.05) is 24.1 Å². The first-order chi connectivity index (χ1) is 16.9. The minimum atomic E-state index is 0.0448. The molecule has 1 aromatic carbocycles. The summed E-state index contributed by atoms with van der Waals surface area (Å²) in [6.07, 6.45) is 7.65. The molecule has 0 bridgehead atoms. The van der Waals surface area contributed by atoms with Crippen molar-refractivity contribution in [2.45, 2.75) is 46.5 Å². The summed E-state index contributed by atoms with van der Waals surface area (Å²) in [5.74, 6) is 1.88. The van der Waals surface area contributed by atoms with Crippen LogP contribution in [0, 0.1) is 5.92 Å². The van der Waals surface area contributed by atoms with E-state index in [0.29, 0.717) is 30.6 Å². The number of amides is 1. The summed E-state index contributed by atoms with van der Waals surface area (Å²) in [4.78, 5) is 23.5. The molecule has 188 valence electrons. The summed E-state index contributed by atoms with van der Waals surface area (Å²) in [6, 6.07) is 7.76. The second-order valence-electron chi connectivity index (χ2n) is 8.93. The van der Waals surface area contributed by atoms with Crippen LogP contribution in [0.25, 0.3) is 0 Å². The molecule has 0 spiro atoms. The summed E-state index contributed by atoms with van der Waals surface area (Å²) in [5, 5.41) is 9.50. The summed E-state index contributed by atoms with van der Waals surface area (Å²) >= 11 is 3.50. The van der Waals surface area contributed by atoms with Crippen molar-refractivity contribution < 1.29 is 4.79 Å². The molecule has 8 heteroatoms. The number of nitrogens with one attached hydrogen (secondary N) is 3. The van der Waals surface area contributed by atoms with Crippen molar-refractivity contribution in [2.75, 3.05) is 36.8 Å². The van der Waals surface area contributed by atoms with E-state index < -0.39 is 0 Å². The Morgan fingerprint density at radius 2 is 1.94 bits per heavy atom. The number of anilines is 3. The van der Waals surface area contributed by atoms with E-state index in [9.17, 15) is 4.79 Å². The monoisotopic (exact) mass is 540 g/mol. The second-order valence-corrected chi connectivity index (χ2v) is 9.79. The van der Waals surface area contributed by atoms with Gasteiger partial charge in [-0.15, -0.1) is 0 Å². The van der Waals surface area contributed by atoms with Gasteiger partial charge in [-0.2, -0.15) is 4.98 Å². The minimum Gasteiger partial charge on any atom is -0.356 e. The molecule has 7 nitrogen and oxygen atoms in total. The molecule has 2 aromatic rings. The lowest BCUT2D eigenvalue weighted by Crippen LogP contribution is -2.30. The fraction of sp³-hybridized carbons (Fsp3) is 0.444. The predicted octanol–water partition coefficient (Wildman–Crippen LogP) is 5.66. The number of aromatic nitrogens is 2. The first-order valence-electron chi connectivity index (χ1n) is 12.4. The number of nitrogens with zero attached hydrogens (tertiary/aromatic N) is 3. The fourth-order valence-corrected chi connectivity index (χ4v) is 4.08. The van der Waals surface area contributed by atoms with Crippen LogP contribution < -0.4 is 16.0 Å². The van der Waals surface area contributed by atoms with Crippen molar-refractivity contribution in [3.8, 4) is 0 Å². The summed E-state index contributed by atoms with van der Waals surface area (Å²) in [5.41, 5.74) is 3.96. The van der Waals surface area contributed by atoms with Gasteiger partial charge in [0.15, 0.2) is 0 Å². The molecule has 0 atom stereocenters. The van der Waals surface area contributed by atoms with E-state index in [1.165, 1.54) is 18.4 Å². The molecule has 1 saturated carbocycles. The van der Waals surface area contributed by atoms with Gasteiger partial charge in [0.1, 0.15) is 5.82 Å². The molecule has 1 heterocycles. The van der Waals surface area contributed by atoms with E-state index in [1.807, 2.05) is 24.3 Å². The van der Waals surface area contributed by atoms with Gasteiger partial charge in [0.05, 0.1) is 10.9 Å². The Morgan fingerprint density at radius 3 is 2.60 bits per heavy atom. The number of carbonyl (C=O) groups is 1. The smallest absolute Gasteiger partial charge is 0.229 e. The molecular formula is C27H37BrN6O. The lowest BCUT2D eigenvalue weighted by molar-refractivity contribution is -0.120. The van der Waals surface area contributed by atoms with Gasteiger partial charge in [-0.3, -0.25) is 4.79 Å². The average Bonchev–Trinajstić information content (AvgIpc) is 3.68. The van der Waals surface area contributed by atoms with Crippen LogP contribution in [0.15, 0.2) is 58.9 Å². The second kappa shape index (κ2) is 13.4. The molecule has 0 unspecified atom stereocenters. The van der Waals surface area contributed by atoms with Crippen LogP contribution in [-0.2, 0) is 11.2 Å². The summed E-state index contributed by atoms with van der Waals surface area (Å²) in [6.45, 7) is 14.4. The summed E-state index contributed by atoms with van der Waals surface area (Å²) < 4.78 is 0.764. The zero-order valence-corrected chi connectivity index (χ0v) is 22.6. The van der Waals surface area contributed by atoms with Crippen molar-refractivity contribution in [3.05, 3.63) is 64.4 Å². The van der Waals surface area contributed by atoms with Gasteiger partial charge in [0.2, 0.25) is 11.9 Å². The van der Waals surface area contributed by atoms with E-state index in [4.69, 9.17) is 0 Å². The van der Waals surface area contributed by atoms with Gasteiger partial charge in [-0.05, 0) is 91.4 Å². The van der Waals surface area contributed by atoms with Gasteiger partial charge in [-0.1, -0.05) is 38.1 Å². The highest BCUT2D eigenvalue weighted by Crippen LogP contribution is 2.36. The Bertz CT molecular complexity index is 1030. The Labute approximate surface area is 217 Å². The molecule has 1 aliphatic carbocycles. The Kier molecular flexibility index (Phi) is 10.3. The highest BCUT2D eigenvalue weighted by Gasteiger charge is 2.22. The Hall–Kier alpha value is -2.71. The van der Waals surface area contributed by atoms with Gasteiger partial charge in [0.25, 0.3) is 0 Å². The number of halogens is 1. The molecule has 1 aliphatic rings. The minimum absolute atomic E-state index is 0.0448. The van der Waals surface area contributed by atoms with Gasteiger partial charge >= 0.3 is 0 Å². The molecule has 1 fully saturated rings. The van der Waals surface area contributed by atoms with Crippen LogP contribution in [0.4, 0.5) is 17.5 Å². The number of benzene rings is 1. The maximum absolute atomic E-state index is 12.3. The first-order valence-corrected chi connectivity index (χ1v) is 13.2. The average molecular weight is 542 g/mol. The molecule has 1 amide bonds. The largest absolute Gasteiger partial charge is 0.356 e. The zero-order chi connectivity index (χ0) is 25.2. The number of hydrogen-bond donors (Lipinski definition) is 3. The highest BCUT2D eigenvalue weighted by atomic mass is 79.9. The van der Waals surface area contributed by atoms with Crippen molar-refractivity contribution in [2.24, 2.45) is 5.92 Å². The maximum Gasteiger partial charge on any atom is 0.229 e. The molecule has 3 rings (SSSR count). The van der Waals surface area contributed by atoms with Gasteiger partial charge in [-0.25, -0.2) is 4.98 Å². The van der Waals surface area contributed by atoms with E-state index in [1.54, 1.807) is 6.20 Å². The Morgan fingerprint density at radius 1 is 1.23 bits per heavy atom. The lowest BCUT2D eigenvalue weighted by atomic mass is 10.1. The number of carbonyl (C=O) groups excluding carboxylic acids is 1. The quantitative estimate of drug-likeness (QED) is 0.212. The van der Waals surface area contributed by atoms with Crippen molar-refractivity contribution >= 4 is 39.3 Å². The molecule has 0 saturated heterocycles. The normalized spacial score (nSPS) is 13.6. The predicted molar refractivity (Wildman–Crippen MR) is 148 cm³/mol. The molecule has 1 aromatic heterocycles. The van der Waals surface area contributed by atoms with Crippen LogP contribution in [0.3, 0.4) is 0 Å². The third-order valence-corrected chi connectivity index (χ3v) is 6.67. The van der Waals surface area contributed by atoms with Crippen LogP contribution in [0.2, 0.25) is 0 Å². The maximum atomic E-state index is 12.3. The highest BCUT2D eigenvalue weighted by molar-refractivity contribution is 9.10. The number of hydrogen-bond acceptors (Lipinski definition) is 6. The third kappa shape index (κ3) is 9.11. The summed E-state index contributed by atoms with van der Waals surface area (Å²) in [7, 11) is 0. The molecule has 35 heavy (non-hydrogen) atoms. The number of allylic oxidation sites excluding steroid dienone is 2. The molecule has 3 N–H and O–H groups in total. The Balaban J connectivity index is 1.49. The van der Waals surface area contributed by atoms with E-state index >= 15 is 0 Å². The topological polar surface area (TPSA) is 82.2 Å². The van der Waals surface area contributed by atoms with Gasteiger partial charge < -0.3 is 20.9 Å². The van der Waals surface area contributed by atoms with E-state index in [-0.39, 0.29) is 5.91 Å². The zero-order valence-electron chi connectivity index (χ0n) is 21.0. The van der Waals surface area contributed by atoms with Crippen LogP contribution in [0.5, 0.6) is 0 Å². The van der Waals surface area contributed by atoms with E-state index in [0.717, 1.165) is 47.5 Å². The van der Waals surface area contributed by atoms with Crippen molar-refractivity contribution in [1.29, 1.82) is 0 Å². The standard InChI is InChI=1S/C27H37BrN6O/c1-5-34(6-2)15-7-14-29-25(35)17-21-8-12-23(13-9-21)32-27-30-18-24(28)26(33-27)31-20(4)16-19(3)22-10-11-22/h8-9,12-13,16,18,22H,4-7,10-11,14-15,17H2,1-3H3,(H,29,35)(H2,30,31,32,33)/b19-16+. The van der Waals surface area contributed by atoms with Crippen molar-refractivity contribution in [1.82, 2.24) is 20.2 Å². The fourth-order valence-electron chi connectivity index (χ4n) is 3.79. The SMILES string of the molecule is C=C(/C=C(\C)C1CC1)Nc1nc(Nc2ccc(CC(=O)NCCCN(CC)CC)cc2)ncc1Br. The third-order valence-electron chi connectivity index (χ3n) is 6.09. The van der Waals surface area contributed by atoms with Crippen LogP contribution >= 0.6 is 15.9 Å². The van der Waals surface area contributed by atoms with Crippen LogP contribution in [-0.4, -0.2) is 47.0 Å². The first kappa shape index (κ1) is 26.9. The number of rotatable bonds is 14.